The summed E-state index contributed by atoms with van der Waals surface area (Å²) in [6, 6.07) is 10.2. The molecule has 4 aromatic rings. The molecule has 0 spiro atoms. The molecule has 1 aromatic carbocycles. The number of halogens is 1. The second-order valence-electron chi connectivity index (χ2n) is 5.48. The Balaban J connectivity index is 1.70. The number of amides is 1. The number of rotatable bonds is 5. The normalized spacial score (nSPS) is 11.0. The van der Waals surface area contributed by atoms with Gasteiger partial charge >= 0.3 is 0 Å². The van der Waals surface area contributed by atoms with Gasteiger partial charge in [0.15, 0.2) is 5.13 Å². The quantitative estimate of drug-likeness (QED) is 0.541. The van der Waals surface area contributed by atoms with Gasteiger partial charge in [-0.1, -0.05) is 23.5 Å². The summed E-state index contributed by atoms with van der Waals surface area (Å²) in [7, 11) is 0. The van der Waals surface area contributed by atoms with Gasteiger partial charge in [-0.2, -0.15) is 5.10 Å². The maximum absolute atomic E-state index is 14.0. The van der Waals surface area contributed by atoms with E-state index < -0.39 is 5.82 Å². The monoisotopic (exact) mass is 368 g/mol. The summed E-state index contributed by atoms with van der Waals surface area (Å²) in [5, 5.41) is 4.38. The number of pyridine rings is 1. The third-order valence-electron chi connectivity index (χ3n) is 3.70. The van der Waals surface area contributed by atoms with Crippen molar-refractivity contribution < 1.29 is 9.18 Å². The Morgan fingerprint density at radius 3 is 2.88 bits per heavy atom. The van der Waals surface area contributed by atoms with E-state index in [0.29, 0.717) is 15.5 Å². The van der Waals surface area contributed by atoms with Crippen LogP contribution in [-0.4, -0.2) is 30.6 Å². The largest absolute Gasteiger partial charge is 0.280 e. The van der Waals surface area contributed by atoms with E-state index in [1.54, 1.807) is 24.4 Å². The van der Waals surface area contributed by atoms with Crippen LogP contribution in [0.4, 0.5) is 9.52 Å². The molecule has 0 N–H and O–H groups in total. The fourth-order valence-electron chi connectivity index (χ4n) is 2.47. The van der Waals surface area contributed by atoms with E-state index >= 15 is 0 Å². The van der Waals surface area contributed by atoms with Crippen LogP contribution < -0.4 is 4.90 Å². The fraction of sp³-hybridized carbons (Fsp3) is 0.118. The molecule has 130 valence electrons. The van der Waals surface area contributed by atoms with Gasteiger partial charge in [0.1, 0.15) is 30.5 Å². The summed E-state index contributed by atoms with van der Waals surface area (Å²) in [4.78, 5) is 26.8. The number of fused-ring (bicyclic) bond motifs is 1. The molecule has 7 nitrogen and oxygen atoms in total. The van der Waals surface area contributed by atoms with E-state index in [4.69, 9.17) is 0 Å². The maximum Gasteiger partial charge on any atom is 0.250 e. The van der Waals surface area contributed by atoms with Crippen LogP contribution in [0.3, 0.4) is 0 Å². The number of anilines is 1. The average Bonchev–Trinajstić information content (AvgIpc) is 3.30. The van der Waals surface area contributed by atoms with E-state index in [1.165, 1.54) is 39.6 Å². The lowest BCUT2D eigenvalue weighted by Crippen LogP contribution is -2.33. The third-order valence-corrected chi connectivity index (χ3v) is 4.74. The molecule has 0 bridgehead atoms. The lowest BCUT2D eigenvalue weighted by molar-refractivity contribution is -0.119. The third kappa shape index (κ3) is 3.29. The second-order valence-corrected chi connectivity index (χ2v) is 6.49. The minimum absolute atomic E-state index is 0.00520. The van der Waals surface area contributed by atoms with Crippen LogP contribution >= 0.6 is 11.3 Å². The highest BCUT2D eigenvalue weighted by atomic mass is 32.1. The van der Waals surface area contributed by atoms with Crippen molar-refractivity contribution in [2.45, 2.75) is 13.1 Å². The van der Waals surface area contributed by atoms with Gasteiger partial charge in [0.05, 0.1) is 16.9 Å². The highest BCUT2D eigenvalue weighted by molar-refractivity contribution is 7.22. The molecule has 0 fully saturated rings. The lowest BCUT2D eigenvalue weighted by atomic mass is 10.3. The van der Waals surface area contributed by atoms with Crippen molar-refractivity contribution in [3.05, 3.63) is 66.8 Å². The number of aromatic nitrogens is 5. The molecular formula is C17H13FN6OS. The van der Waals surface area contributed by atoms with Gasteiger partial charge in [0.25, 0.3) is 5.91 Å². The standard InChI is InChI=1S/C17H13FN6OS/c18-13-5-3-6-14-16(13)22-17(26-14)24(8-12-4-1-2-7-20-12)15(25)9-23-11-19-10-21-23/h1-7,10-11H,8-9H2. The minimum Gasteiger partial charge on any atom is -0.280 e. The van der Waals surface area contributed by atoms with Crippen LogP contribution in [0.15, 0.2) is 55.2 Å². The number of nitrogens with zero attached hydrogens (tertiary/aromatic N) is 6. The Morgan fingerprint density at radius 2 is 2.15 bits per heavy atom. The van der Waals surface area contributed by atoms with Gasteiger partial charge in [0, 0.05) is 6.20 Å². The first-order valence-corrected chi connectivity index (χ1v) is 8.60. The smallest absolute Gasteiger partial charge is 0.250 e. The number of para-hydroxylation sites is 1. The first kappa shape index (κ1) is 16.3. The summed E-state index contributed by atoms with van der Waals surface area (Å²) in [5.41, 5.74) is 0.964. The molecule has 0 saturated heterocycles. The van der Waals surface area contributed by atoms with Crippen molar-refractivity contribution in [2.75, 3.05) is 4.90 Å². The minimum atomic E-state index is -0.411. The number of thiazole rings is 1. The molecule has 3 aromatic heterocycles. The molecule has 0 radical (unpaired) electrons. The second kappa shape index (κ2) is 6.96. The topological polar surface area (TPSA) is 76.8 Å². The highest BCUT2D eigenvalue weighted by Gasteiger charge is 2.22. The maximum atomic E-state index is 14.0. The van der Waals surface area contributed by atoms with Crippen LogP contribution in [-0.2, 0) is 17.9 Å². The van der Waals surface area contributed by atoms with Gasteiger partial charge in [-0.05, 0) is 24.3 Å². The predicted octanol–water partition coefficient (Wildman–Crippen LogP) is 2.66. The molecular weight excluding hydrogens is 355 g/mol. The molecule has 0 aliphatic carbocycles. The molecule has 0 aliphatic heterocycles. The van der Waals surface area contributed by atoms with Crippen molar-refractivity contribution in [2.24, 2.45) is 0 Å². The molecule has 4 rings (SSSR count). The summed E-state index contributed by atoms with van der Waals surface area (Å²) in [6.45, 7) is 0.237. The Labute approximate surface area is 151 Å². The van der Waals surface area contributed by atoms with Gasteiger partial charge in [-0.25, -0.2) is 19.0 Å². The zero-order valence-electron chi connectivity index (χ0n) is 13.5. The Morgan fingerprint density at radius 1 is 1.23 bits per heavy atom. The van der Waals surface area contributed by atoms with Gasteiger partial charge < -0.3 is 0 Å². The molecule has 0 aliphatic rings. The van der Waals surface area contributed by atoms with Crippen LogP contribution in [0.25, 0.3) is 10.2 Å². The fourth-order valence-corrected chi connectivity index (χ4v) is 3.47. The van der Waals surface area contributed by atoms with Crippen molar-refractivity contribution >= 4 is 32.6 Å². The van der Waals surface area contributed by atoms with Gasteiger partial charge in [0.2, 0.25) is 0 Å². The van der Waals surface area contributed by atoms with E-state index in [-0.39, 0.29) is 24.5 Å². The van der Waals surface area contributed by atoms with Crippen LogP contribution in [0.1, 0.15) is 5.69 Å². The highest BCUT2D eigenvalue weighted by Crippen LogP contribution is 2.31. The Hall–Kier alpha value is -3.20. The van der Waals surface area contributed by atoms with Crippen molar-refractivity contribution in [3.8, 4) is 0 Å². The predicted molar refractivity (Wildman–Crippen MR) is 95.0 cm³/mol. The van der Waals surface area contributed by atoms with Crippen LogP contribution in [0, 0.1) is 5.82 Å². The van der Waals surface area contributed by atoms with Crippen molar-refractivity contribution in [1.29, 1.82) is 0 Å². The summed E-state index contributed by atoms with van der Waals surface area (Å²) in [6.07, 6.45) is 4.49. The molecule has 0 atom stereocenters. The first-order chi connectivity index (χ1) is 12.7. The molecule has 1 amide bonds. The SMILES string of the molecule is O=C(Cn1cncn1)N(Cc1ccccn1)c1nc2c(F)cccc2s1. The summed E-state index contributed by atoms with van der Waals surface area (Å²) < 4.78 is 16.1. The average molecular weight is 368 g/mol. The number of benzene rings is 1. The molecule has 26 heavy (non-hydrogen) atoms. The number of carbonyl (C=O) groups is 1. The van der Waals surface area contributed by atoms with E-state index in [0.717, 1.165) is 0 Å². The van der Waals surface area contributed by atoms with E-state index in [9.17, 15) is 9.18 Å². The van der Waals surface area contributed by atoms with Crippen molar-refractivity contribution in [1.82, 2.24) is 24.7 Å². The van der Waals surface area contributed by atoms with Crippen LogP contribution in [0.5, 0.6) is 0 Å². The Kier molecular flexibility index (Phi) is 4.36. The van der Waals surface area contributed by atoms with Crippen molar-refractivity contribution in [3.63, 3.8) is 0 Å². The lowest BCUT2D eigenvalue weighted by Gasteiger charge is -2.19. The molecule has 0 saturated carbocycles. The number of hydrogen-bond acceptors (Lipinski definition) is 6. The molecule has 3 heterocycles. The zero-order chi connectivity index (χ0) is 17.9. The zero-order valence-corrected chi connectivity index (χ0v) is 14.3. The number of carbonyl (C=O) groups excluding carboxylic acids is 1. The van der Waals surface area contributed by atoms with Crippen LogP contribution in [0.2, 0.25) is 0 Å². The number of hydrogen-bond donors (Lipinski definition) is 0. The van der Waals surface area contributed by atoms with Gasteiger partial charge in [-0.15, -0.1) is 0 Å². The van der Waals surface area contributed by atoms with E-state index in [1.807, 2.05) is 12.1 Å². The molecule has 0 unspecified atom stereocenters. The molecule has 9 heteroatoms. The van der Waals surface area contributed by atoms with Gasteiger partial charge in [-0.3, -0.25) is 14.7 Å². The Bertz CT molecular complexity index is 1030. The first-order valence-electron chi connectivity index (χ1n) is 7.78. The summed E-state index contributed by atoms with van der Waals surface area (Å²) >= 11 is 1.26. The van der Waals surface area contributed by atoms with E-state index in [2.05, 4.69) is 20.1 Å². The summed E-state index contributed by atoms with van der Waals surface area (Å²) in [5.74, 6) is -0.646.